The largest absolute Gasteiger partial charge is 0.500 e. The van der Waals surface area contributed by atoms with Gasteiger partial charge in [-0.3, -0.25) is 0 Å². The van der Waals surface area contributed by atoms with Gasteiger partial charge in [-0.05, 0) is 18.9 Å². The number of hydrogen-bond acceptors (Lipinski definition) is 7. The van der Waals surface area contributed by atoms with Crippen molar-refractivity contribution in [1.29, 1.82) is 0 Å². The molecule has 0 aromatic heterocycles. The average molecular weight is 361 g/mol. The Labute approximate surface area is 131 Å². The van der Waals surface area contributed by atoms with Crippen molar-refractivity contribution in [2.75, 3.05) is 47.1 Å². The standard InChI is InChI=1S/C11H28O7SSi2/c1-14-20(15-2)10-6-8-19(12,13)9-7-11-21(16-3,17-4)18-5/h20H,6-11H2,1-5H3. The molecule has 7 nitrogen and oxygen atoms in total. The van der Waals surface area contributed by atoms with Gasteiger partial charge >= 0.3 is 18.1 Å². The van der Waals surface area contributed by atoms with Crippen LogP contribution in [0.5, 0.6) is 0 Å². The van der Waals surface area contributed by atoms with E-state index in [2.05, 4.69) is 0 Å². The zero-order valence-corrected chi connectivity index (χ0v) is 16.6. The summed E-state index contributed by atoms with van der Waals surface area (Å²) >= 11 is 0. The molecule has 0 saturated heterocycles. The minimum atomic E-state index is -3.07. The molecule has 0 aromatic carbocycles. The van der Waals surface area contributed by atoms with Gasteiger partial charge in [0.2, 0.25) is 0 Å². The lowest BCUT2D eigenvalue weighted by Crippen LogP contribution is -2.42. The summed E-state index contributed by atoms with van der Waals surface area (Å²) in [5, 5.41) is 0. The van der Waals surface area contributed by atoms with Crippen molar-refractivity contribution in [3.8, 4) is 0 Å². The topological polar surface area (TPSA) is 80.3 Å². The third-order valence-electron chi connectivity index (χ3n) is 3.29. The van der Waals surface area contributed by atoms with Crippen molar-refractivity contribution in [2.24, 2.45) is 0 Å². The quantitative estimate of drug-likeness (QED) is 0.444. The molecule has 0 spiro atoms. The van der Waals surface area contributed by atoms with Gasteiger partial charge in [0, 0.05) is 41.6 Å². The third-order valence-corrected chi connectivity index (χ3v) is 9.88. The number of sulfone groups is 1. The van der Waals surface area contributed by atoms with E-state index >= 15 is 0 Å². The first-order chi connectivity index (χ1) is 9.88. The van der Waals surface area contributed by atoms with Crippen LogP contribution < -0.4 is 0 Å². The molecule has 10 heteroatoms. The molecule has 0 aromatic rings. The van der Waals surface area contributed by atoms with E-state index in [4.69, 9.17) is 22.1 Å². The fraction of sp³-hybridized carbons (Fsp3) is 1.00. The molecular weight excluding hydrogens is 332 g/mol. The van der Waals surface area contributed by atoms with Crippen LogP contribution in [0.1, 0.15) is 12.8 Å². The van der Waals surface area contributed by atoms with E-state index in [-0.39, 0.29) is 11.5 Å². The fourth-order valence-electron chi connectivity index (χ4n) is 1.97. The van der Waals surface area contributed by atoms with Crippen molar-refractivity contribution in [1.82, 2.24) is 0 Å². The van der Waals surface area contributed by atoms with Gasteiger partial charge < -0.3 is 22.1 Å². The summed E-state index contributed by atoms with van der Waals surface area (Å²) in [4.78, 5) is 0. The van der Waals surface area contributed by atoms with E-state index in [1.807, 2.05) is 0 Å². The molecule has 0 N–H and O–H groups in total. The molecule has 0 saturated carbocycles. The van der Waals surface area contributed by atoms with Crippen molar-refractivity contribution < 1.29 is 30.5 Å². The summed E-state index contributed by atoms with van der Waals surface area (Å²) in [6.45, 7) is 0. The summed E-state index contributed by atoms with van der Waals surface area (Å²) < 4.78 is 50.1. The molecule has 0 radical (unpaired) electrons. The van der Waals surface area contributed by atoms with E-state index in [9.17, 15) is 8.42 Å². The highest BCUT2D eigenvalue weighted by Crippen LogP contribution is 2.16. The third kappa shape index (κ3) is 8.40. The maximum atomic E-state index is 12.0. The predicted octanol–water partition coefficient (Wildman–Crippen LogP) is 0.573. The first-order valence-corrected chi connectivity index (χ1v) is 12.3. The highest BCUT2D eigenvalue weighted by Gasteiger charge is 2.37. The fourth-order valence-corrected chi connectivity index (χ4v) is 6.84. The smallest absolute Gasteiger partial charge is 0.400 e. The lowest BCUT2D eigenvalue weighted by atomic mass is 10.6. The molecule has 21 heavy (non-hydrogen) atoms. The van der Waals surface area contributed by atoms with Crippen LogP contribution in [-0.4, -0.2) is 73.6 Å². The van der Waals surface area contributed by atoms with Gasteiger partial charge in [-0.25, -0.2) is 8.42 Å². The Kier molecular flexibility index (Phi) is 10.9. The lowest BCUT2D eigenvalue weighted by Gasteiger charge is -2.24. The lowest BCUT2D eigenvalue weighted by molar-refractivity contribution is 0.123. The van der Waals surface area contributed by atoms with Crippen LogP contribution in [-0.2, 0) is 32.0 Å². The average Bonchev–Trinajstić information content (AvgIpc) is 2.48. The Morgan fingerprint density at radius 1 is 0.857 bits per heavy atom. The molecule has 0 amide bonds. The minimum Gasteiger partial charge on any atom is -0.400 e. The van der Waals surface area contributed by atoms with E-state index in [0.717, 1.165) is 0 Å². The summed E-state index contributed by atoms with van der Waals surface area (Å²) in [5.41, 5.74) is 0. The molecule has 0 atom stereocenters. The molecule has 0 rings (SSSR count). The van der Waals surface area contributed by atoms with Crippen LogP contribution in [0.4, 0.5) is 0 Å². The molecule has 128 valence electrons. The van der Waals surface area contributed by atoms with Crippen molar-refractivity contribution in [3.05, 3.63) is 0 Å². The second-order valence-electron chi connectivity index (χ2n) is 4.59. The monoisotopic (exact) mass is 360 g/mol. The normalized spacial score (nSPS) is 13.0. The molecule has 0 heterocycles. The van der Waals surface area contributed by atoms with Crippen LogP contribution in [0.3, 0.4) is 0 Å². The van der Waals surface area contributed by atoms with Gasteiger partial charge in [-0.1, -0.05) is 0 Å². The van der Waals surface area contributed by atoms with Crippen molar-refractivity contribution >= 4 is 27.9 Å². The molecular formula is C11H28O7SSi2. The molecule has 0 aliphatic rings. The first kappa shape index (κ1) is 21.2. The maximum absolute atomic E-state index is 12.0. The van der Waals surface area contributed by atoms with Gasteiger partial charge in [-0.2, -0.15) is 0 Å². The molecule has 0 unspecified atom stereocenters. The second kappa shape index (κ2) is 10.8. The predicted molar refractivity (Wildman–Crippen MR) is 85.4 cm³/mol. The van der Waals surface area contributed by atoms with Crippen LogP contribution in [0, 0.1) is 0 Å². The van der Waals surface area contributed by atoms with Crippen molar-refractivity contribution in [2.45, 2.75) is 24.9 Å². The van der Waals surface area contributed by atoms with Crippen molar-refractivity contribution in [3.63, 3.8) is 0 Å². The summed E-state index contributed by atoms with van der Waals surface area (Å²) in [7, 11) is 0.340. The Hall–Kier alpha value is 0.184. The Morgan fingerprint density at radius 2 is 1.33 bits per heavy atom. The maximum Gasteiger partial charge on any atom is 0.500 e. The molecule has 0 bridgehead atoms. The zero-order chi connectivity index (χ0) is 16.4. The first-order valence-electron chi connectivity index (χ1n) is 6.80. The van der Waals surface area contributed by atoms with Gasteiger partial charge in [0.15, 0.2) is 0 Å². The zero-order valence-electron chi connectivity index (χ0n) is 13.6. The summed E-state index contributed by atoms with van der Waals surface area (Å²) in [6, 6.07) is 1.18. The minimum absolute atomic E-state index is 0.115. The molecule has 0 fully saturated rings. The highest BCUT2D eigenvalue weighted by molar-refractivity contribution is 7.91. The Morgan fingerprint density at radius 3 is 1.76 bits per heavy atom. The number of hydrogen-bond donors (Lipinski definition) is 0. The second-order valence-corrected chi connectivity index (χ2v) is 12.4. The highest BCUT2D eigenvalue weighted by atomic mass is 32.2. The van der Waals surface area contributed by atoms with Crippen LogP contribution >= 0.6 is 0 Å². The van der Waals surface area contributed by atoms with E-state index in [0.29, 0.717) is 24.9 Å². The van der Waals surface area contributed by atoms with E-state index in [1.54, 1.807) is 14.2 Å². The van der Waals surface area contributed by atoms with E-state index < -0.39 is 27.9 Å². The SMILES string of the molecule is CO[SiH](CCCS(=O)(=O)CCC[Si](OC)(OC)OC)OC. The Bertz CT molecular complexity index is 347. The summed E-state index contributed by atoms with van der Waals surface area (Å²) in [6.07, 6.45) is 1.04. The number of rotatable bonds is 13. The molecule has 0 aliphatic heterocycles. The molecule has 0 aliphatic carbocycles. The van der Waals surface area contributed by atoms with Crippen LogP contribution in [0.15, 0.2) is 0 Å². The Balaban J connectivity index is 4.13. The van der Waals surface area contributed by atoms with Crippen LogP contribution in [0.25, 0.3) is 0 Å². The van der Waals surface area contributed by atoms with Gasteiger partial charge in [0.25, 0.3) is 0 Å². The van der Waals surface area contributed by atoms with Gasteiger partial charge in [-0.15, -0.1) is 0 Å². The van der Waals surface area contributed by atoms with Gasteiger partial charge in [0.1, 0.15) is 9.84 Å². The van der Waals surface area contributed by atoms with Gasteiger partial charge in [0.05, 0.1) is 11.5 Å². The van der Waals surface area contributed by atoms with E-state index in [1.165, 1.54) is 21.3 Å². The van der Waals surface area contributed by atoms with Crippen LogP contribution in [0.2, 0.25) is 12.1 Å². The summed E-state index contributed by atoms with van der Waals surface area (Å²) in [5.74, 6) is 0.273.